The molecule has 0 saturated heterocycles. The van der Waals surface area contributed by atoms with Crippen molar-refractivity contribution in [2.45, 2.75) is 103 Å². The molecule has 0 fully saturated rings. The Kier molecular flexibility index (Phi) is 15.9. The predicted octanol–water partition coefficient (Wildman–Crippen LogP) is 7.09. The summed E-state index contributed by atoms with van der Waals surface area (Å²) >= 11 is 0. The highest BCUT2D eigenvalue weighted by Crippen LogP contribution is 2.11. The molecule has 0 aliphatic heterocycles. The van der Waals surface area contributed by atoms with E-state index in [9.17, 15) is 9.90 Å². The maximum Gasteiger partial charge on any atom is 0.220 e. The molecule has 1 aromatic carbocycles. The number of hydrogen-bond acceptors (Lipinski definition) is 2. The number of phenols is 1. The molecule has 0 atom stereocenters. The van der Waals surface area contributed by atoms with Crippen LogP contribution in [0.4, 0.5) is 0 Å². The standard InChI is InChI=1S/C26H43NO2/c1-2-3-4-5-6-7-8-9-10-11-12-13-14-15-16-17-26(29)27-23-22-24-18-20-25(28)21-19-24/h9-10,18-21,28H,2-8,11-17,22-23H2,1H3,(H,27,29)/b10-9+. The zero-order valence-corrected chi connectivity index (χ0v) is 18.6. The lowest BCUT2D eigenvalue weighted by Crippen LogP contribution is -2.25. The quantitative estimate of drug-likeness (QED) is 0.204. The number of phenolic OH excluding ortho intramolecular Hbond substituents is 1. The predicted molar refractivity (Wildman–Crippen MR) is 124 cm³/mol. The van der Waals surface area contributed by atoms with E-state index in [1.54, 1.807) is 12.1 Å². The first-order valence-electron chi connectivity index (χ1n) is 11.9. The van der Waals surface area contributed by atoms with Crippen LogP contribution in [0.25, 0.3) is 0 Å². The van der Waals surface area contributed by atoms with Crippen molar-refractivity contribution in [2.24, 2.45) is 0 Å². The molecular weight excluding hydrogens is 358 g/mol. The van der Waals surface area contributed by atoms with E-state index >= 15 is 0 Å². The molecule has 1 rings (SSSR count). The smallest absolute Gasteiger partial charge is 0.220 e. The van der Waals surface area contributed by atoms with Crippen molar-refractivity contribution in [1.29, 1.82) is 0 Å². The fourth-order valence-corrected chi connectivity index (χ4v) is 3.45. The molecule has 0 radical (unpaired) electrons. The van der Waals surface area contributed by atoms with Gasteiger partial charge in [-0.15, -0.1) is 0 Å². The van der Waals surface area contributed by atoms with Crippen LogP contribution in [0.3, 0.4) is 0 Å². The van der Waals surface area contributed by atoms with Gasteiger partial charge in [-0.1, -0.05) is 82.6 Å². The monoisotopic (exact) mass is 401 g/mol. The van der Waals surface area contributed by atoms with Gasteiger partial charge < -0.3 is 10.4 Å². The summed E-state index contributed by atoms with van der Waals surface area (Å²) in [6.07, 6.45) is 22.7. The lowest BCUT2D eigenvalue weighted by Gasteiger charge is -2.06. The van der Waals surface area contributed by atoms with Gasteiger partial charge in [0.1, 0.15) is 5.75 Å². The Morgan fingerprint density at radius 2 is 1.38 bits per heavy atom. The first-order chi connectivity index (χ1) is 14.2. The lowest BCUT2D eigenvalue weighted by molar-refractivity contribution is -0.121. The second-order valence-electron chi connectivity index (χ2n) is 8.10. The first-order valence-corrected chi connectivity index (χ1v) is 11.9. The van der Waals surface area contributed by atoms with Crippen LogP contribution in [0.1, 0.15) is 102 Å². The molecule has 3 nitrogen and oxygen atoms in total. The topological polar surface area (TPSA) is 49.3 Å². The van der Waals surface area contributed by atoms with Crippen LogP contribution < -0.4 is 5.32 Å². The molecule has 2 N–H and O–H groups in total. The van der Waals surface area contributed by atoms with E-state index in [2.05, 4.69) is 24.4 Å². The summed E-state index contributed by atoms with van der Waals surface area (Å²) in [5.41, 5.74) is 1.13. The second kappa shape index (κ2) is 18.3. The van der Waals surface area contributed by atoms with Gasteiger partial charge in [0.2, 0.25) is 5.91 Å². The highest BCUT2D eigenvalue weighted by molar-refractivity contribution is 5.75. The van der Waals surface area contributed by atoms with Crippen LogP contribution in [0.5, 0.6) is 5.75 Å². The minimum absolute atomic E-state index is 0.154. The average Bonchev–Trinajstić information content (AvgIpc) is 2.72. The summed E-state index contributed by atoms with van der Waals surface area (Å²) in [5, 5.41) is 12.2. The molecule has 0 unspecified atom stereocenters. The lowest BCUT2D eigenvalue weighted by atomic mass is 10.1. The minimum atomic E-state index is 0.154. The number of carbonyl (C=O) groups excluding carboxylic acids is 1. The third-order valence-corrected chi connectivity index (χ3v) is 5.34. The molecule has 0 aromatic heterocycles. The Hall–Kier alpha value is -1.77. The van der Waals surface area contributed by atoms with Crippen molar-refractivity contribution >= 4 is 5.91 Å². The van der Waals surface area contributed by atoms with Crippen LogP contribution in [-0.4, -0.2) is 17.6 Å². The van der Waals surface area contributed by atoms with Gasteiger partial charge in [-0.25, -0.2) is 0 Å². The number of carbonyl (C=O) groups is 1. The van der Waals surface area contributed by atoms with E-state index in [4.69, 9.17) is 0 Å². The van der Waals surface area contributed by atoms with Crippen molar-refractivity contribution in [2.75, 3.05) is 6.54 Å². The maximum absolute atomic E-state index is 11.9. The SMILES string of the molecule is CCCCCCCC/C=C/CCCCCCCC(=O)NCCc1ccc(O)cc1. The number of nitrogens with one attached hydrogen (secondary N) is 1. The van der Waals surface area contributed by atoms with E-state index in [0.717, 1.165) is 24.8 Å². The number of rotatable bonds is 18. The van der Waals surface area contributed by atoms with E-state index in [-0.39, 0.29) is 11.7 Å². The number of hydrogen-bond donors (Lipinski definition) is 2. The molecule has 29 heavy (non-hydrogen) atoms. The first kappa shape index (κ1) is 25.3. The van der Waals surface area contributed by atoms with Crippen LogP contribution in [0.15, 0.2) is 36.4 Å². The van der Waals surface area contributed by atoms with Crippen molar-refractivity contribution < 1.29 is 9.90 Å². The Morgan fingerprint density at radius 3 is 2.00 bits per heavy atom. The Bertz CT molecular complexity index is 536. The van der Waals surface area contributed by atoms with Crippen molar-refractivity contribution in [3.05, 3.63) is 42.0 Å². The third-order valence-electron chi connectivity index (χ3n) is 5.34. The number of allylic oxidation sites excluding steroid dienone is 2. The van der Waals surface area contributed by atoms with Crippen LogP contribution >= 0.6 is 0 Å². The molecule has 164 valence electrons. The number of amides is 1. The van der Waals surface area contributed by atoms with Gasteiger partial charge in [-0.2, -0.15) is 0 Å². The molecule has 1 aromatic rings. The van der Waals surface area contributed by atoms with E-state index < -0.39 is 0 Å². The van der Waals surface area contributed by atoms with Crippen molar-refractivity contribution in [3.63, 3.8) is 0 Å². The zero-order chi connectivity index (χ0) is 21.0. The summed E-state index contributed by atoms with van der Waals surface area (Å²) in [6, 6.07) is 7.15. The minimum Gasteiger partial charge on any atom is -0.508 e. The van der Waals surface area contributed by atoms with Crippen LogP contribution in [0.2, 0.25) is 0 Å². The van der Waals surface area contributed by atoms with Gasteiger partial charge in [0.05, 0.1) is 0 Å². The summed E-state index contributed by atoms with van der Waals surface area (Å²) in [7, 11) is 0. The average molecular weight is 402 g/mol. The molecule has 3 heteroatoms. The largest absolute Gasteiger partial charge is 0.508 e. The molecule has 1 amide bonds. The van der Waals surface area contributed by atoms with Gasteiger partial charge in [0, 0.05) is 13.0 Å². The molecular formula is C26H43NO2. The van der Waals surface area contributed by atoms with Gasteiger partial charge in [0.15, 0.2) is 0 Å². The van der Waals surface area contributed by atoms with Crippen LogP contribution in [0, 0.1) is 0 Å². The fraction of sp³-hybridized carbons (Fsp3) is 0.654. The molecule has 0 aliphatic rings. The van der Waals surface area contributed by atoms with Crippen LogP contribution in [-0.2, 0) is 11.2 Å². The van der Waals surface area contributed by atoms with E-state index in [0.29, 0.717) is 13.0 Å². The molecule has 0 spiro atoms. The highest BCUT2D eigenvalue weighted by Gasteiger charge is 2.01. The summed E-state index contributed by atoms with van der Waals surface area (Å²) < 4.78 is 0. The fourth-order valence-electron chi connectivity index (χ4n) is 3.45. The number of aromatic hydroxyl groups is 1. The Balaban J connectivity index is 1.83. The molecule has 0 saturated carbocycles. The maximum atomic E-state index is 11.9. The van der Waals surface area contributed by atoms with E-state index in [1.165, 1.54) is 70.6 Å². The molecule has 0 bridgehead atoms. The van der Waals surface area contributed by atoms with Gasteiger partial charge in [0.25, 0.3) is 0 Å². The molecule has 0 heterocycles. The number of benzene rings is 1. The normalized spacial score (nSPS) is 11.2. The second-order valence-corrected chi connectivity index (χ2v) is 8.10. The van der Waals surface area contributed by atoms with E-state index in [1.807, 2.05) is 12.1 Å². The van der Waals surface area contributed by atoms with Crippen molar-refractivity contribution in [1.82, 2.24) is 5.32 Å². The highest BCUT2D eigenvalue weighted by atomic mass is 16.3. The van der Waals surface area contributed by atoms with Crippen molar-refractivity contribution in [3.8, 4) is 5.75 Å². The van der Waals surface area contributed by atoms with Gasteiger partial charge in [-0.05, 0) is 56.2 Å². The number of unbranched alkanes of at least 4 members (excludes halogenated alkanes) is 11. The summed E-state index contributed by atoms with van der Waals surface area (Å²) in [6.45, 7) is 2.93. The van der Waals surface area contributed by atoms with Gasteiger partial charge in [-0.3, -0.25) is 4.79 Å². The summed E-state index contributed by atoms with van der Waals surface area (Å²) in [4.78, 5) is 11.9. The zero-order valence-electron chi connectivity index (χ0n) is 18.6. The van der Waals surface area contributed by atoms with Gasteiger partial charge >= 0.3 is 0 Å². The third kappa shape index (κ3) is 15.8. The molecule has 0 aliphatic carbocycles. The Labute approximate surface area is 179 Å². The Morgan fingerprint density at radius 1 is 0.828 bits per heavy atom. The summed E-state index contributed by atoms with van der Waals surface area (Å²) in [5.74, 6) is 0.434.